The van der Waals surface area contributed by atoms with E-state index < -0.39 is 0 Å². The summed E-state index contributed by atoms with van der Waals surface area (Å²) in [5.41, 5.74) is 2.32. The average molecular weight is 413 g/mol. The Bertz CT molecular complexity index is 994. The number of aromatic amines is 1. The van der Waals surface area contributed by atoms with E-state index >= 15 is 0 Å². The minimum absolute atomic E-state index is 0.125. The molecule has 0 saturated heterocycles. The summed E-state index contributed by atoms with van der Waals surface area (Å²) in [6, 6.07) is 14.1. The third-order valence-electron chi connectivity index (χ3n) is 4.86. The van der Waals surface area contributed by atoms with E-state index in [1.54, 1.807) is 36.4 Å². The van der Waals surface area contributed by atoms with Crippen LogP contribution in [-0.4, -0.2) is 47.9 Å². The minimum Gasteiger partial charge on any atom is -0.351 e. The second-order valence-electron chi connectivity index (χ2n) is 6.70. The van der Waals surface area contributed by atoms with Crippen molar-refractivity contribution in [3.63, 3.8) is 0 Å². The van der Waals surface area contributed by atoms with Gasteiger partial charge in [0.25, 0.3) is 11.8 Å². The number of hydrogen-bond acceptors (Lipinski definition) is 3. The summed E-state index contributed by atoms with van der Waals surface area (Å²) in [5.74, 6) is -0.394. The molecule has 7 heteroatoms. The molecule has 3 N–H and O–H groups in total. The Morgan fingerprint density at radius 1 is 1.03 bits per heavy atom. The SMILES string of the molecule is CCN(CC)CCNC(=O)c1ccc(NC(=O)c2cc3cccc(Cl)c3[nH]2)cc1. The summed E-state index contributed by atoms with van der Waals surface area (Å²) < 4.78 is 0. The van der Waals surface area contributed by atoms with Gasteiger partial charge in [-0.2, -0.15) is 0 Å². The normalized spacial score (nSPS) is 11.0. The molecule has 29 heavy (non-hydrogen) atoms. The van der Waals surface area contributed by atoms with E-state index in [-0.39, 0.29) is 11.8 Å². The maximum atomic E-state index is 12.5. The Labute approximate surface area is 175 Å². The van der Waals surface area contributed by atoms with Crippen LogP contribution in [0.25, 0.3) is 10.9 Å². The van der Waals surface area contributed by atoms with Crippen molar-refractivity contribution in [2.24, 2.45) is 0 Å². The zero-order valence-electron chi connectivity index (χ0n) is 16.6. The van der Waals surface area contributed by atoms with Gasteiger partial charge in [-0.25, -0.2) is 0 Å². The van der Waals surface area contributed by atoms with E-state index in [2.05, 4.69) is 34.4 Å². The van der Waals surface area contributed by atoms with Crippen LogP contribution in [0.4, 0.5) is 5.69 Å². The lowest BCUT2D eigenvalue weighted by atomic mass is 10.2. The van der Waals surface area contributed by atoms with Crippen LogP contribution >= 0.6 is 11.6 Å². The van der Waals surface area contributed by atoms with Gasteiger partial charge in [0.15, 0.2) is 0 Å². The zero-order chi connectivity index (χ0) is 20.8. The van der Waals surface area contributed by atoms with Crippen molar-refractivity contribution in [2.75, 3.05) is 31.5 Å². The highest BCUT2D eigenvalue weighted by atomic mass is 35.5. The summed E-state index contributed by atoms with van der Waals surface area (Å²) in [7, 11) is 0. The fraction of sp³-hybridized carbons (Fsp3) is 0.273. The largest absolute Gasteiger partial charge is 0.351 e. The highest BCUT2D eigenvalue weighted by Gasteiger charge is 2.12. The second-order valence-corrected chi connectivity index (χ2v) is 7.11. The summed E-state index contributed by atoms with van der Waals surface area (Å²) in [6.45, 7) is 7.54. The highest BCUT2D eigenvalue weighted by molar-refractivity contribution is 6.35. The summed E-state index contributed by atoms with van der Waals surface area (Å²) in [5, 5.41) is 7.19. The molecule has 0 aliphatic heterocycles. The first-order chi connectivity index (χ1) is 14.0. The molecule has 0 aliphatic rings. The molecule has 0 spiro atoms. The topological polar surface area (TPSA) is 77.2 Å². The molecule has 0 bridgehead atoms. The van der Waals surface area contributed by atoms with Crippen LogP contribution in [0.3, 0.4) is 0 Å². The van der Waals surface area contributed by atoms with Crippen LogP contribution in [0.15, 0.2) is 48.5 Å². The number of H-pyrrole nitrogens is 1. The van der Waals surface area contributed by atoms with Crippen LogP contribution in [0.1, 0.15) is 34.7 Å². The van der Waals surface area contributed by atoms with Gasteiger partial charge in [0, 0.05) is 29.7 Å². The first-order valence-electron chi connectivity index (χ1n) is 9.71. The number of nitrogens with zero attached hydrogens (tertiary/aromatic N) is 1. The molecule has 3 aromatic rings. The Hall–Kier alpha value is -2.83. The van der Waals surface area contributed by atoms with Crippen molar-refractivity contribution in [1.29, 1.82) is 0 Å². The quantitative estimate of drug-likeness (QED) is 0.520. The molecule has 1 heterocycles. The molecule has 6 nitrogen and oxygen atoms in total. The van der Waals surface area contributed by atoms with Gasteiger partial charge in [-0.3, -0.25) is 9.59 Å². The molecule has 2 amide bonds. The number of para-hydroxylation sites is 1. The number of halogens is 1. The van der Waals surface area contributed by atoms with Gasteiger partial charge in [0.1, 0.15) is 5.69 Å². The van der Waals surface area contributed by atoms with Crippen molar-refractivity contribution >= 4 is 40.0 Å². The molecule has 0 aliphatic carbocycles. The van der Waals surface area contributed by atoms with Crippen molar-refractivity contribution in [1.82, 2.24) is 15.2 Å². The van der Waals surface area contributed by atoms with E-state index in [0.29, 0.717) is 28.5 Å². The van der Waals surface area contributed by atoms with Crippen LogP contribution in [-0.2, 0) is 0 Å². The fourth-order valence-electron chi connectivity index (χ4n) is 3.11. The summed E-state index contributed by atoms with van der Waals surface area (Å²) in [6.07, 6.45) is 0. The first kappa shape index (κ1) is 20.9. The smallest absolute Gasteiger partial charge is 0.272 e. The van der Waals surface area contributed by atoms with Gasteiger partial charge in [0.2, 0.25) is 0 Å². The molecule has 0 atom stereocenters. The van der Waals surface area contributed by atoms with Crippen molar-refractivity contribution in [3.8, 4) is 0 Å². The van der Waals surface area contributed by atoms with Gasteiger partial charge < -0.3 is 20.5 Å². The van der Waals surface area contributed by atoms with Crippen LogP contribution in [0.5, 0.6) is 0 Å². The van der Waals surface area contributed by atoms with Crippen molar-refractivity contribution in [3.05, 3.63) is 64.8 Å². The molecular weight excluding hydrogens is 388 g/mol. The predicted molar refractivity (Wildman–Crippen MR) is 118 cm³/mol. The summed E-state index contributed by atoms with van der Waals surface area (Å²) in [4.78, 5) is 30.1. The van der Waals surface area contributed by atoms with Crippen molar-refractivity contribution in [2.45, 2.75) is 13.8 Å². The molecule has 0 fully saturated rings. The zero-order valence-corrected chi connectivity index (χ0v) is 17.3. The molecule has 0 saturated carbocycles. The van der Waals surface area contributed by atoms with Crippen LogP contribution < -0.4 is 10.6 Å². The maximum Gasteiger partial charge on any atom is 0.272 e. The molecule has 2 aromatic carbocycles. The molecular formula is C22H25ClN4O2. The lowest BCUT2D eigenvalue weighted by molar-refractivity contribution is 0.0948. The van der Waals surface area contributed by atoms with E-state index in [4.69, 9.17) is 11.6 Å². The minimum atomic E-state index is -0.270. The van der Waals surface area contributed by atoms with Crippen LogP contribution in [0, 0.1) is 0 Å². The standard InChI is InChI=1S/C22H25ClN4O2/c1-3-27(4-2)13-12-24-21(28)15-8-10-17(11-9-15)25-22(29)19-14-16-6-5-7-18(23)20(16)26-19/h5-11,14,26H,3-4,12-13H2,1-2H3,(H,24,28)(H,25,29). The Kier molecular flexibility index (Phi) is 6.90. The third-order valence-corrected chi connectivity index (χ3v) is 5.18. The third kappa shape index (κ3) is 5.16. The van der Waals surface area contributed by atoms with E-state index in [0.717, 1.165) is 30.5 Å². The molecule has 3 rings (SSSR count). The number of carbonyl (C=O) groups is 2. The Morgan fingerprint density at radius 2 is 1.76 bits per heavy atom. The summed E-state index contributed by atoms with van der Waals surface area (Å²) >= 11 is 6.15. The number of benzene rings is 2. The Balaban J connectivity index is 1.58. The van der Waals surface area contributed by atoms with Gasteiger partial charge in [-0.05, 0) is 49.5 Å². The number of aromatic nitrogens is 1. The number of amides is 2. The van der Waals surface area contributed by atoms with Crippen LogP contribution in [0.2, 0.25) is 5.02 Å². The Morgan fingerprint density at radius 3 is 2.41 bits per heavy atom. The number of anilines is 1. The van der Waals surface area contributed by atoms with Gasteiger partial charge >= 0.3 is 0 Å². The number of hydrogen-bond donors (Lipinski definition) is 3. The second kappa shape index (κ2) is 9.58. The molecule has 0 radical (unpaired) electrons. The van der Waals surface area contributed by atoms with Gasteiger partial charge in [-0.15, -0.1) is 0 Å². The lowest BCUT2D eigenvalue weighted by Gasteiger charge is -2.17. The van der Waals surface area contributed by atoms with Gasteiger partial charge in [-0.1, -0.05) is 37.6 Å². The predicted octanol–water partition coefficient (Wildman–Crippen LogP) is 4.15. The van der Waals surface area contributed by atoms with Crippen molar-refractivity contribution < 1.29 is 9.59 Å². The first-order valence-corrected chi connectivity index (χ1v) is 10.1. The number of rotatable bonds is 8. The highest BCUT2D eigenvalue weighted by Crippen LogP contribution is 2.23. The maximum absolute atomic E-state index is 12.5. The number of fused-ring (bicyclic) bond motifs is 1. The molecule has 152 valence electrons. The molecule has 0 unspecified atom stereocenters. The number of carbonyl (C=O) groups excluding carboxylic acids is 2. The lowest BCUT2D eigenvalue weighted by Crippen LogP contribution is -2.34. The number of nitrogens with one attached hydrogen (secondary N) is 3. The average Bonchev–Trinajstić information content (AvgIpc) is 3.18. The monoisotopic (exact) mass is 412 g/mol. The van der Waals surface area contributed by atoms with E-state index in [1.165, 1.54) is 0 Å². The fourth-order valence-corrected chi connectivity index (χ4v) is 3.34. The molecule has 1 aromatic heterocycles. The van der Waals surface area contributed by atoms with Gasteiger partial charge in [0.05, 0.1) is 10.5 Å². The van der Waals surface area contributed by atoms with E-state index in [1.807, 2.05) is 12.1 Å². The number of likely N-dealkylation sites (N-methyl/N-ethyl adjacent to an activating group) is 1. The van der Waals surface area contributed by atoms with E-state index in [9.17, 15) is 9.59 Å².